The number of anilines is 1. The molecule has 19 heavy (non-hydrogen) atoms. The molecule has 0 aliphatic heterocycles. The summed E-state index contributed by atoms with van der Waals surface area (Å²) in [5, 5.41) is 18.7. The molecular weight excluding hydrogens is 246 g/mol. The Bertz CT molecular complexity index is 633. The van der Waals surface area contributed by atoms with Gasteiger partial charge in [0.15, 0.2) is 5.82 Å². The molecule has 0 aliphatic rings. The number of hydrogen-bond donors (Lipinski definition) is 1. The molecule has 2 aromatic rings. The Balaban J connectivity index is 2.65. The van der Waals surface area contributed by atoms with Gasteiger partial charge in [0.05, 0.1) is 16.3 Å². The Kier molecular flexibility index (Phi) is 3.20. The lowest BCUT2D eigenvalue weighted by atomic mass is 10.1. The van der Waals surface area contributed by atoms with Crippen LogP contribution in [0.3, 0.4) is 0 Å². The average Bonchev–Trinajstić information content (AvgIpc) is 2.71. The van der Waals surface area contributed by atoms with E-state index >= 15 is 0 Å². The van der Waals surface area contributed by atoms with Crippen LogP contribution in [0.4, 0.5) is 11.5 Å². The van der Waals surface area contributed by atoms with Crippen molar-refractivity contribution in [3.63, 3.8) is 0 Å². The highest BCUT2D eigenvalue weighted by Crippen LogP contribution is 2.26. The maximum Gasteiger partial charge on any atom is 0.271 e. The van der Waals surface area contributed by atoms with Crippen LogP contribution in [-0.4, -0.2) is 19.9 Å². The molecule has 2 rings (SSSR count). The SMILES string of the molecule is Cc1ccc([N+](=O)[O-])cc1-n1nnc(N)c1C(C)C. The van der Waals surface area contributed by atoms with E-state index in [4.69, 9.17) is 5.73 Å². The molecule has 1 aromatic carbocycles. The zero-order valence-electron chi connectivity index (χ0n) is 11.0. The van der Waals surface area contributed by atoms with Gasteiger partial charge in [0.25, 0.3) is 5.69 Å². The molecule has 1 aromatic heterocycles. The highest BCUT2D eigenvalue weighted by atomic mass is 16.6. The summed E-state index contributed by atoms with van der Waals surface area (Å²) in [7, 11) is 0. The Morgan fingerprint density at radius 1 is 1.42 bits per heavy atom. The number of aromatic nitrogens is 3. The van der Waals surface area contributed by atoms with E-state index in [0.717, 1.165) is 11.3 Å². The number of nitrogen functional groups attached to an aromatic ring is 1. The van der Waals surface area contributed by atoms with Crippen molar-refractivity contribution in [2.24, 2.45) is 0 Å². The smallest absolute Gasteiger partial charge is 0.271 e. The van der Waals surface area contributed by atoms with Gasteiger partial charge in [-0.15, -0.1) is 5.10 Å². The third-order valence-electron chi connectivity index (χ3n) is 2.91. The first-order valence-electron chi connectivity index (χ1n) is 5.88. The fourth-order valence-corrected chi connectivity index (χ4v) is 1.96. The fourth-order valence-electron chi connectivity index (χ4n) is 1.96. The second-order valence-corrected chi connectivity index (χ2v) is 4.65. The first kappa shape index (κ1) is 13.0. The minimum Gasteiger partial charge on any atom is -0.381 e. The van der Waals surface area contributed by atoms with Crippen molar-refractivity contribution in [2.45, 2.75) is 26.7 Å². The average molecular weight is 261 g/mol. The lowest BCUT2D eigenvalue weighted by Crippen LogP contribution is -2.07. The van der Waals surface area contributed by atoms with Crippen LogP contribution in [0.15, 0.2) is 18.2 Å². The van der Waals surface area contributed by atoms with E-state index in [1.54, 1.807) is 10.7 Å². The molecule has 7 heteroatoms. The lowest BCUT2D eigenvalue weighted by molar-refractivity contribution is -0.384. The second kappa shape index (κ2) is 4.68. The third kappa shape index (κ3) is 2.26. The Hall–Kier alpha value is -2.44. The monoisotopic (exact) mass is 261 g/mol. The number of nitrogens with zero attached hydrogens (tertiary/aromatic N) is 4. The molecule has 0 spiro atoms. The van der Waals surface area contributed by atoms with Gasteiger partial charge in [0.2, 0.25) is 0 Å². The molecule has 100 valence electrons. The molecular formula is C12H15N5O2. The minimum absolute atomic E-state index is 0.0179. The summed E-state index contributed by atoms with van der Waals surface area (Å²) in [6.07, 6.45) is 0. The summed E-state index contributed by atoms with van der Waals surface area (Å²) in [6, 6.07) is 4.64. The molecule has 2 N–H and O–H groups in total. The van der Waals surface area contributed by atoms with Crippen molar-refractivity contribution < 1.29 is 4.92 Å². The molecule has 0 radical (unpaired) electrons. The number of rotatable bonds is 3. The van der Waals surface area contributed by atoms with Crippen LogP contribution in [0.2, 0.25) is 0 Å². The van der Waals surface area contributed by atoms with Crippen molar-refractivity contribution in [3.05, 3.63) is 39.6 Å². The van der Waals surface area contributed by atoms with Gasteiger partial charge in [-0.05, 0) is 18.4 Å². The fraction of sp³-hybridized carbons (Fsp3) is 0.333. The summed E-state index contributed by atoms with van der Waals surface area (Å²) < 4.78 is 1.57. The highest BCUT2D eigenvalue weighted by Gasteiger charge is 2.18. The van der Waals surface area contributed by atoms with E-state index < -0.39 is 4.92 Å². The number of benzene rings is 1. The summed E-state index contributed by atoms with van der Waals surface area (Å²) in [5.74, 6) is 0.467. The van der Waals surface area contributed by atoms with Crippen LogP contribution in [0, 0.1) is 17.0 Å². The predicted octanol–water partition coefficient (Wildman–Crippen LogP) is 2.19. The number of aryl methyl sites for hydroxylation is 1. The van der Waals surface area contributed by atoms with Gasteiger partial charge in [-0.2, -0.15) is 0 Å². The summed E-state index contributed by atoms with van der Waals surface area (Å²) in [5.41, 5.74) is 8.07. The van der Waals surface area contributed by atoms with Gasteiger partial charge in [0, 0.05) is 12.1 Å². The van der Waals surface area contributed by atoms with Crippen LogP contribution in [0.25, 0.3) is 5.69 Å². The molecule has 7 nitrogen and oxygen atoms in total. The molecule has 0 saturated heterocycles. The molecule has 0 atom stereocenters. The van der Waals surface area contributed by atoms with E-state index in [-0.39, 0.29) is 11.6 Å². The van der Waals surface area contributed by atoms with Gasteiger partial charge >= 0.3 is 0 Å². The number of hydrogen-bond acceptors (Lipinski definition) is 5. The Morgan fingerprint density at radius 2 is 2.11 bits per heavy atom. The summed E-state index contributed by atoms with van der Waals surface area (Å²) in [6.45, 7) is 5.80. The quantitative estimate of drug-likeness (QED) is 0.674. The van der Waals surface area contributed by atoms with Gasteiger partial charge in [-0.25, -0.2) is 4.68 Å². The predicted molar refractivity (Wildman–Crippen MR) is 71.3 cm³/mol. The van der Waals surface area contributed by atoms with E-state index in [9.17, 15) is 10.1 Å². The molecule has 0 amide bonds. The molecule has 0 aliphatic carbocycles. The molecule has 0 bridgehead atoms. The first-order valence-corrected chi connectivity index (χ1v) is 5.88. The van der Waals surface area contributed by atoms with Crippen LogP contribution >= 0.6 is 0 Å². The van der Waals surface area contributed by atoms with Crippen molar-refractivity contribution >= 4 is 11.5 Å². The maximum atomic E-state index is 10.9. The van der Waals surface area contributed by atoms with Gasteiger partial charge in [0.1, 0.15) is 0 Å². The van der Waals surface area contributed by atoms with Gasteiger partial charge in [-0.1, -0.05) is 25.1 Å². The maximum absolute atomic E-state index is 10.9. The molecule has 1 heterocycles. The minimum atomic E-state index is -0.432. The van der Waals surface area contributed by atoms with Crippen LogP contribution in [0.5, 0.6) is 0 Å². The van der Waals surface area contributed by atoms with Crippen molar-refractivity contribution in [1.29, 1.82) is 0 Å². The van der Waals surface area contributed by atoms with E-state index in [0.29, 0.717) is 11.5 Å². The molecule has 0 unspecified atom stereocenters. The summed E-state index contributed by atoms with van der Waals surface area (Å²) >= 11 is 0. The normalized spacial score (nSPS) is 10.9. The number of nitro benzene ring substituents is 1. The lowest BCUT2D eigenvalue weighted by Gasteiger charge is -2.11. The number of non-ortho nitro benzene ring substituents is 1. The molecule has 0 saturated carbocycles. The third-order valence-corrected chi connectivity index (χ3v) is 2.91. The topological polar surface area (TPSA) is 99.9 Å². The van der Waals surface area contributed by atoms with Crippen molar-refractivity contribution in [2.75, 3.05) is 5.73 Å². The largest absolute Gasteiger partial charge is 0.381 e. The number of nitro groups is 1. The van der Waals surface area contributed by atoms with Crippen LogP contribution < -0.4 is 5.73 Å². The second-order valence-electron chi connectivity index (χ2n) is 4.65. The van der Waals surface area contributed by atoms with Gasteiger partial charge < -0.3 is 5.73 Å². The first-order chi connectivity index (χ1) is 8.91. The number of nitrogens with two attached hydrogens (primary N) is 1. The van der Waals surface area contributed by atoms with E-state index in [1.807, 2.05) is 20.8 Å². The van der Waals surface area contributed by atoms with E-state index in [2.05, 4.69) is 10.3 Å². The standard InChI is InChI=1S/C12H15N5O2/c1-7(2)11-12(13)14-15-16(11)10-6-9(17(18)19)5-4-8(10)3/h4-7H,13H2,1-3H3. The van der Waals surface area contributed by atoms with Crippen molar-refractivity contribution in [3.8, 4) is 5.69 Å². The van der Waals surface area contributed by atoms with Crippen LogP contribution in [0.1, 0.15) is 31.0 Å². The zero-order chi connectivity index (χ0) is 14.2. The van der Waals surface area contributed by atoms with Gasteiger partial charge in [-0.3, -0.25) is 10.1 Å². The van der Waals surface area contributed by atoms with E-state index in [1.165, 1.54) is 12.1 Å². The van der Waals surface area contributed by atoms with Crippen molar-refractivity contribution in [1.82, 2.24) is 15.0 Å². The van der Waals surface area contributed by atoms with Crippen LogP contribution in [-0.2, 0) is 0 Å². The Morgan fingerprint density at radius 3 is 2.68 bits per heavy atom. The summed E-state index contributed by atoms with van der Waals surface area (Å²) in [4.78, 5) is 10.4. The molecule has 0 fully saturated rings. The Labute approximate surface area is 110 Å². The zero-order valence-corrected chi connectivity index (χ0v) is 11.0. The highest BCUT2D eigenvalue weighted by molar-refractivity contribution is 5.51.